The number of hydrogen-bond acceptors (Lipinski definition) is 3. The molecule has 0 amide bonds. The predicted molar refractivity (Wildman–Crippen MR) is 54.1 cm³/mol. The third-order valence-corrected chi connectivity index (χ3v) is 2.51. The number of nitrogens with zero attached hydrogens (tertiary/aromatic N) is 2. The summed E-state index contributed by atoms with van der Waals surface area (Å²) in [5.74, 6) is -0.588. The van der Waals surface area contributed by atoms with Crippen LogP contribution in [0.4, 0.5) is 4.39 Å². The molecule has 1 aromatic heterocycles. The van der Waals surface area contributed by atoms with E-state index in [-0.39, 0.29) is 6.42 Å². The van der Waals surface area contributed by atoms with Gasteiger partial charge in [0.25, 0.3) is 0 Å². The van der Waals surface area contributed by atoms with Crippen LogP contribution < -0.4 is 5.73 Å². The third kappa shape index (κ3) is 2.35. The lowest BCUT2D eigenvalue weighted by molar-refractivity contribution is 0.544. The molecule has 0 saturated carbocycles. The summed E-state index contributed by atoms with van der Waals surface area (Å²) in [6.07, 6.45) is 1.47. The molecule has 0 aliphatic carbocycles. The predicted octanol–water partition coefficient (Wildman–Crippen LogP) is 1.74. The van der Waals surface area contributed by atoms with Crippen LogP contribution in [0.15, 0.2) is 12.3 Å². The Morgan fingerprint density at radius 1 is 1.77 bits per heavy atom. The molecular formula is C8H7FIN3. The average molecular weight is 291 g/mol. The molecule has 1 heterocycles. The van der Waals surface area contributed by atoms with Crippen LogP contribution >= 0.6 is 22.6 Å². The Bertz CT molecular complexity index is 327. The number of rotatable bonds is 2. The Kier molecular flexibility index (Phi) is 3.57. The monoisotopic (exact) mass is 291 g/mol. The number of aromatic nitrogens is 1. The Balaban J connectivity index is 3.06. The number of hydrogen-bond donors (Lipinski definition) is 1. The van der Waals surface area contributed by atoms with E-state index >= 15 is 0 Å². The molecule has 0 aliphatic heterocycles. The first kappa shape index (κ1) is 10.3. The van der Waals surface area contributed by atoms with Gasteiger partial charge in [0.05, 0.1) is 12.5 Å². The lowest BCUT2D eigenvalue weighted by atomic mass is 10.1. The van der Waals surface area contributed by atoms with Crippen molar-refractivity contribution in [3.05, 3.63) is 27.3 Å². The van der Waals surface area contributed by atoms with E-state index in [9.17, 15) is 4.39 Å². The highest BCUT2D eigenvalue weighted by Crippen LogP contribution is 2.21. The van der Waals surface area contributed by atoms with Crippen molar-refractivity contribution in [1.29, 1.82) is 5.26 Å². The molecule has 0 aliphatic rings. The Morgan fingerprint density at radius 3 is 3.00 bits per heavy atom. The zero-order valence-electron chi connectivity index (χ0n) is 6.67. The van der Waals surface area contributed by atoms with E-state index in [4.69, 9.17) is 11.0 Å². The maximum absolute atomic E-state index is 13.1. The van der Waals surface area contributed by atoms with Crippen LogP contribution in [0.1, 0.15) is 18.0 Å². The van der Waals surface area contributed by atoms with E-state index in [1.807, 2.05) is 28.7 Å². The zero-order valence-corrected chi connectivity index (χ0v) is 8.82. The van der Waals surface area contributed by atoms with Crippen LogP contribution in [0, 0.1) is 20.8 Å². The molecular weight excluding hydrogens is 284 g/mol. The molecule has 13 heavy (non-hydrogen) atoms. The lowest BCUT2D eigenvalue weighted by Crippen LogP contribution is -2.14. The molecule has 1 aromatic rings. The molecule has 0 saturated heterocycles. The highest BCUT2D eigenvalue weighted by atomic mass is 127. The second kappa shape index (κ2) is 4.48. The van der Waals surface area contributed by atoms with E-state index < -0.39 is 12.0 Å². The quantitative estimate of drug-likeness (QED) is 0.667. The first-order chi connectivity index (χ1) is 6.16. The van der Waals surface area contributed by atoms with E-state index in [1.54, 1.807) is 6.07 Å². The van der Waals surface area contributed by atoms with E-state index in [2.05, 4.69) is 4.98 Å². The second-order valence-corrected chi connectivity index (χ2v) is 3.63. The molecule has 2 N–H and O–H groups in total. The normalized spacial score (nSPS) is 12.2. The highest BCUT2D eigenvalue weighted by Gasteiger charge is 2.15. The molecule has 5 heteroatoms. The van der Waals surface area contributed by atoms with Crippen LogP contribution in [0.3, 0.4) is 0 Å². The maximum atomic E-state index is 13.1. The summed E-state index contributed by atoms with van der Waals surface area (Å²) in [5, 5.41) is 8.40. The van der Waals surface area contributed by atoms with Gasteiger partial charge < -0.3 is 5.73 Å². The SMILES string of the molecule is N#CC[C@H](N)c1c(I)ccnc1F. The van der Waals surface area contributed by atoms with Gasteiger partial charge >= 0.3 is 0 Å². The van der Waals surface area contributed by atoms with Crippen LogP contribution in [0.5, 0.6) is 0 Å². The smallest absolute Gasteiger partial charge is 0.218 e. The van der Waals surface area contributed by atoms with Crippen molar-refractivity contribution in [2.24, 2.45) is 5.73 Å². The number of nitrogens with two attached hydrogens (primary N) is 1. The summed E-state index contributed by atoms with van der Waals surface area (Å²) in [7, 11) is 0. The van der Waals surface area contributed by atoms with Crippen LogP contribution in [-0.4, -0.2) is 4.98 Å². The number of pyridine rings is 1. The topological polar surface area (TPSA) is 62.7 Å². The third-order valence-electron chi connectivity index (χ3n) is 1.57. The molecule has 3 nitrogen and oxygen atoms in total. The van der Waals surface area contributed by atoms with Crippen molar-refractivity contribution in [2.45, 2.75) is 12.5 Å². The van der Waals surface area contributed by atoms with E-state index in [1.165, 1.54) is 6.20 Å². The highest BCUT2D eigenvalue weighted by molar-refractivity contribution is 14.1. The van der Waals surface area contributed by atoms with Crippen LogP contribution in [0.2, 0.25) is 0 Å². The first-order valence-corrected chi connectivity index (χ1v) is 4.67. The number of nitriles is 1. The molecule has 68 valence electrons. The van der Waals surface area contributed by atoms with Gasteiger partial charge in [-0.3, -0.25) is 0 Å². The van der Waals surface area contributed by atoms with Crippen molar-refractivity contribution in [1.82, 2.24) is 4.98 Å². The van der Waals surface area contributed by atoms with Gasteiger partial charge in [0.2, 0.25) is 5.95 Å². The molecule has 0 bridgehead atoms. The Morgan fingerprint density at radius 2 is 2.46 bits per heavy atom. The van der Waals surface area contributed by atoms with Crippen molar-refractivity contribution < 1.29 is 4.39 Å². The average Bonchev–Trinajstić information content (AvgIpc) is 2.04. The van der Waals surface area contributed by atoms with Crippen molar-refractivity contribution >= 4 is 22.6 Å². The summed E-state index contributed by atoms with van der Waals surface area (Å²) in [4.78, 5) is 3.48. The maximum Gasteiger partial charge on any atom is 0.218 e. The van der Waals surface area contributed by atoms with Crippen LogP contribution in [0.25, 0.3) is 0 Å². The first-order valence-electron chi connectivity index (χ1n) is 3.59. The van der Waals surface area contributed by atoms with Gasteiger partial charge in [-0.2, -0.15) is 9.65 Å². The minimum Gasteiger partial charge on any atom is -0.323 e. The van der Waals surface area contributed by atoms with Gasteiger partial charge in [-0.25, -0.2) is 4.98 Å². The largest absolute Gasteiger partial charge is 0.323 e. The molecule has 1 rings (SSSR count). The molecule has 0 spiro atoms. The van der Waals surface area contributed by atoms with Gasteiger partial charge in [0.15, 0.2) is 0 Å². The van der Waals surface area contributed by atoms with Crippen molar-refractivity contribution in [3.63, 3.8) is 0 Å². The van der Waals surface area contributed by atoms with Crippen LogP contribution in [-0.2, 0) is 0 Å². The molecule has 0 unspecified atom stereocenters. The Labute approximate surface area is 88.9 Å². The fourth-order valence-electron chi connectivity index (χ4n) is 0.957. The van der Waals surface area contributed by atoms with Gasteiger partial charge in [-0.15, -0.1) is 0 Å². The summed E-state index contributed by atoms with van der Waals surface area (Å²) in [5.41, 5.74) is 5.92. The fourth-order valence-corrected chi connectivity index (χ4v) is 1.74. The lowest BCUT2D eigenvalue weighted by Gasteiger charge is -2.09. The fraction of sp³-hybridized carbons (Fsp3) is 0.250. The van der Waals surface area contributed by atoms with Gasteiger partial charge in [0, 0.05) is 21.4 Å². The minimum atomic E-state index is -0.592. The van der Waals surface area contributed by atoms with Crippen molar-refractivity contribution in [3.8, 4) is 6.07 Å². The molecule has 0 radical (unpaired) electrons. The molecule has 0 aromatic carbocycles. The van der Waals surface area contributed by atoms with E-state index in [0.717, 1.165) is 0 Å². The second-order valence-electron chi connectivity index (χ2n) is 2.47. The van der Waals surface area contributed by atoms with Crippen molar-refractivity contribution in [2.75, 3.05) is 0 Å². The summed E-state index contributed by atoms with van der Waals surface area (Å²) in [6, 6.07) is 2.97. The van der Waals surface area contributed by atoms with Gasteiger partial charge in [-0.05, 0) is 28.7 Å². The number of halogens is 2. The summed E-state index contributed by atoms with van der Waals surface area (Å²) < 4.78 is 13.8. The summed E-state index contributed by atoms with van der Waals surface area (Å²) >= 11 is 1.97. The minimum absolute atomic E-state index is 0.0958. The Hall–Kier alpha value is -0.740. The summed E-state index contributed by atoms with van der Waals surface area (Å²) in [6.45, 7) is 0. The molecule has 1 atom stereocenters. The molecule has 0 fully saturated rings. The standard InChI is InChI=1S/C8H7FIN3/c9-8-7(6(12)1-3-11)5(10)2-4-13-8/h2,4,6H,1,12H2/t6-/m0/s1. The van der Waals surface area contributed by atoms with E-state index in [0.29, 0.717) is 9.13 Å². The van der Waals surface area contributed by atoms with Gasteiger partial charge in [0.1, 0.15) is 0 Å². The van der Waals surface area contributed by atoms with Gasteiger partial charge in [-0.1, -0.05) is 0 Å². The zero-order chi connectivity index (χ0) is 9.84.